The van der Waals surface area contributed by atoms with Crippen molar-refractivity contribution in [1.82, 2.24) is 9.47 Å². The monoisotopic (exact) mass is 422 g/mol. The van der Waals surface area contributed by atoms with Crippen LogP contribution in [0.25, 0.3) is 16.3 Å². The van der Waals surface area contributed by atoms with Crippen molar-refractivity contribution >= 4 is 39.8 Å². The molecule has 0 aliphatic carbocycles. The molecule has 0 N–H and O–H groups in total. The van der Waals surface area contributed by atoms with Gasteiger partial charge >= 0.3 is 0 Å². The molecule has 0 spiro atoms. The van der Waals surface area contributed by atoms with Crippen molar-refractivity contribution in [2.24, 2.45) is 0 Å². The summed E-state index contributed by atoms with van der Waals surface area (Å²) in [6.45, 7) is 3.42. The molecule has 1 aromatic heterocycles. The summed E-state index contributed by atoms with van der Waals surface area (Å²) in [4.78, 5) is 28.7. The number of nitrogens with zero attached hydrogens (tertiary/aromatic N) is 2. The number of hydrogen-bond acceptors (Lipinski definition) is 3. The summed E-state index contributed by atoms with van der Waals surface area (Å²) in [5.74, 6) is -0.851. The Hall–Kier alpha value is -2.89. The number of hydrogen-bond donors (Lipinski definition) is 0. The molecule has 4 rings (SSSR count). The van der Waals surface area contributed by atoms with Crippen molar-refractivity contribution in [1.29, 1.82) is 0 Å². The summed E-state index contributed by atoms with van der Waals surface area (Å²) >= 11 is 6.51. The van der Waals surface area contributed by atoms with Gasteiger partial charge in [-0.3, -0.25) is 14.2 Å². The maximum atomic E-state index is 13.6. The van der Waals surface area contributed by atoms with E-state index in [1.54, 1.807) is 34.9 Å². The van der Waals surface area contributed by atoms with E-state index < -0.39 is 5.92 Å². The Balaban J connectivity index is 1.91. The van der Waals surface area contributed by atoms with E-state index >= 15 is 0 Å². The van der Waals surface area contributed by atoms with Gasteiger partial charge in [-0.05, 0) is 18.6 Å². The van der Waals surface area contributed by atoms with E-state index in [4.69, 9.17) is 16.3 Å². The van der Waals surface area contributed by atoms with Crippen molar-refractivity contribution in [3.63, 3.8) is 0 Å². The van der Waals surface area contributed by atoms with Crippen LogP contribution in [0.15, 0.2) is 60.8 Å². The minimum Gasteiger partial charge on any atom is -0.383 e. The fourth-order valence-electron chi connectivity index (χ4n) is 4.02. The van der Waals surface area contributed by atoms with E-state index in [1.165, 1.54) is 0 Å². The molecule has 154 valence electrons. The molecular formula is C24H23ClN2O3. The van der Waals surface area contributed by atoms with Crippen molar-refractivity contribution in [3.8, 4) is 0 Å². The highest BCUT2D eigenvalue weighted by Crippen LogP contribution is 2.40. The van der Waals surface area contributed by atoms with Gasteiger partial charge < -0.3 is 9.64 Å². The smallest absolute Gasteiger partial charge is 0.262 e. The molecule has 5 nitrogen and oxygen atoms in total. The third-order valence-electron chi connectivity index (χ3n) is 5.52. The van der Waals surface area contributed by atoms with Gasteiger partial charge in [0.2, 0.25) is 5.91 Å². The predicted octanol–water partition coefficient (Wildman–Crippen LogP) is 4.61. The minimum absolute atomic E-state index is 0.0725. The first-order valence-corrected chi connectivity index (χ1v) is 10.3. The predicted molar refractivity (Wildman–Crippen MR) is 119 cm³/mol. The van der Waals surface area contributed by atoms with Crippen LogP contribution in [0.2, 0.25) is 5.02 Å². The van der Waals surface area contributed by atoms with Gasteiger partial charge in [0.05, 0.1) is 23.2 Å². The van der Waals surface area contributed by atoms with Crippen molar-refractivity contribution in [2.45, 2.75) is 12.8 Å². The van der Waals surface area contributed by atoms with E-state index in [0.29, 0.717) is 36.0 Å². The average molecular weight is 423 g/mol. The van der Waals surface area contributed by atoms with Crippen molar-refractivity contribution < 1.29 is 14.3 Å². The molecule has 0 bridgehead atoms. The lowest BCUT2D eigenvalue weighted by molar-refractivity contribution is -0.132. The van der Waals surface area contributed by atoms with Gasteiger partial charge in [0, 0.05) is 42.7 Å². The summed E-state index contributed by atoms with van der Waals surface area (Å²) in [5.41, 5.74) is 1.93. The van der Waals surface area contributed by atoms with Crippen LogP contribution in [0.5, 0.6) is 0 Å². The van der Waals surface area contributed by atoms with Crippen LogP contribution in [0.3, 0.4) is 0 Å². The largest absolute Gasteiger partial charge is 0.383 e. The summed E-state index contributed by atoms with van der Waals surface area (Å²) in [7, 11) is 1.61. The van der Waals surface area contributed by atoms with Crippen molar-refractivity contribution in [3.05, 3.63) is 77.1 Å². The summed E-state index contributed by atoms with van der Waals surface area (Å²) < 4.78 is 6.76. The highest BCUT2D eigenvalue weighted by atomic mass is 35.5. The number of carbonyl (C=O) groups is 2. The van der Waals surface area contributed by atoms with Crippen LogP contribution < -0.4 is 0 Å². The first-order valence-electron chi connectivity index (χ1n) is 9.96. The van der Waals surface area contributed by atoms with Gasteiger partial charge in [0.15, 0.2) is 0 Å². The third kappa shape index (κ3) is 3.44. The highest BCUT2D eigenvalue weighted by Gasteiger charge is 2.36. The molecule has 1 atom stereocenters. The van der Waals surface area contributed by atoms with Gasteiger partial charge in [0.1, 0.15) is 0 Å². The van der Waals surface area contributed by atoms with E-state index in [9.17, 15) is 9.59 Å². The number of rotatable bonds is 6. The molecule has 0 radical (unpaired) electrons. The van der Waals surface area contributed by atoms with E-state index in [2.05, 4.69) is 0 Å². The SMILES string of the molecule is CCN(CCOC)C(=O)C1C=C(c2ccccc2)C(=O)n2cc3cccc(Cl)c3c21. The molecule has 0 saturated heterocycles. The highest BCUT2D eigenvalue weighted by molar-refractivity contribution is 6.36. The number of amides is 1. The Kier molecular flexibility index (Phi) is 5.75. The van der Waals surface area contributed by atoms with Crippen LogP contribution in [-0.2, 0) is 9.53 Å². The molecule has 2 aromatic carbocycles. The van der Waals surface area contributed by atoms with Gasteiger partial charge in [-0.15, -0.1) is 0 Å². The second kappa shape index (κ2) is 8.46. The molecule has 6 heteroatoms. The minimum atomic E-state index is -0.618. The molecular weight excluding hydrogens is 400 g/mol. The van der Waals surface area contributed by atoms with E-state index in [-0.39, 0.29) is 11.8 Å². The van der Waals surface area contributed by atoms with Gasteiger partial charge in [0.25, 0.3) is 5.91 Å². The summed E-state index contributed by atoms with van der Waals surface area (Å²) in [5, 5.41) is 2.12. The molecule has 3 aromatic rings. The molecule has 0 saturated carbocycles. The number of likely N-dealkylation sites (N-methyl/N-ethyl adjacent to an activating group) is 1. The quantitative estimate of drug-likeness (QED) is 0.582. The lowest BCUT2D eigenvalue weighted by atomic mass is 9.91. The lowest BCUT2D eigenvalue weighted by Gasteiger charge is -2.29. The molecule has 0 fully saturated rings. The Bertz CT molecular complexity index is 1130. The Labute approximate surface area is 180 Å². The van der Waals surface area contributed by atoms with Gasteiger partial charge in [-0.2, -0.15) is 0 Å². The summed E-state index contributed by atoms with van der Waals surface area (Å²) in [6.07, 6.45) is 3.56. The number of methoxy groups -OCH3 is 1. The number of carbonyl (C=O) groups excluding carboxylic acids is 2. The maximum absolute atomic E-state index is 13.6. The number of halogens is 1. The number of fused-ring (bicyclic) bond motifs is 3. The maximum Gasteiger partial charge on any atom is 0.262 e. The van der Waals surface area contributed by atoms with Crippen LogP contribution in [-0.4, -0.2) is 48.1 Å². The zero-order valence-electron chi connectivity index (χ0n) is 17.0. The normalized spacial score (nSPS) is 15.8. The van der Waals surface area contributed by atoms with E-state index in [0.717, 1.165) is 16.3 Å². The molecule has 2 heterocycles. The number of ether oxygens (including phenoxy) is 1. The van der Waals surface area contributed by atoms with Gasteiger partial charge in [-0.25, -0.2) is 0 Å². The number of allylic oxidation sites excluding steroid dienone is 1. The number of aromatic nitrogens is 1. The van der Waals surface area contributed by atoms with Crippen molar-refractivity contribution in [2.75, 3.05) is 26.8 Å². The Morgan fingerprint density at radius 1 is 1.17 bits per heavy atom. The average Bonchev–Trinajstić information content (AvgIpc) is 3.16. The molecule has 1 amide bonds. The van der Waals surface area contributed by atoms with Crippen LogP contribution in [0, 0.1) is 0 Å². The molecule has 1 aliphatic rings. The topological polar surface area (TPSA) is 51.5 Å². The second-order valence-corrected chi connectivity index (χ2v) is 7.64. The standard InChI is InChI=1S/C24H23ClN2O3/c1-3-26(12-13-30-2)23(28)19-14-18(16-8-5-4-6-9-16)24(29)27-15-17-10-7-11-20(25)21(17)22(19)27/h4-11,14-15,19H,3,12-13H2,1-2H3. The molecule has 1 aliphatic heterocycles. The fourth-order valence-corrected chi connectivity index (χ4v) is 4.29. The second-order valence-electron chi connectivity index (χ2n) is 7.23. The van der Waals surface area contributed by atoms with Gasteiger partial charge in [-0.1, -0.05) is 60.1 Å². The first-order chi connectivity index (χ1) is 14.6. The third-order valence-corrected chi connectivity index (χ3v) is 5.83. The fraction of sp³-hybridized carbons (Fsp3) is 0.250. The van der Waals surface area contributed by atoms with Crippen LogP contribution >= 0.6 is 11.6 Å². The first kappa shape index (κ1) is 20.4. The lowest BCUT2D eigenvalue weighted by Crippen LogP contribution is -2.39. The zero-order valence-corrected chi connectivity index (χ0v) is 17.7. The summed E-state index contributed by atoms with van der Waals surface area (Å²) in [6, 6.07) is 15.0. The molecule has 1 unspecified atom stereocenters. The number of benzene rings is 2. The van der Waals surface area contributed by atoms with Crippen LogP contribution in [0.4, 0.5) is 0 Å². The van der Waals surface area contributed by atoms with Crippen LogP contribution in [0.1, 0.15) is 28.9 Å². The molecule has 30 heavy (non-hydrogen) atoms. The Morgan fingerprint density at radius 3 is 2.63 bits per heavy atom. The zero-order chi connectivity index (χ0) is 21.3. The van der Waals surface area contributed by atoms with E-state index in [1.807, 2.05) is 49.4 Å². The Morgan fingerprint density at radius 2 is 1.93 bits per heavy atom.